The van der Waals surface area contributed by atoms with E-state index in [0.717, 1.165) is 19.3 Å². The zero-order chi connectivity index (χ0) is 5.98. The molecule has 0 bridgehead atoms. The van der Waals surface area contributed by atoms with E-state index in [4.69, 9.17) is 5.73 Å². The first-order valence-electron chi connectivity index (χ1n) is 3.09. The van der Waals surface area contributed by atoms with Gasteiger partial charge in [0.05, 0.1) is 6.04 Å². The molecule has 0 radical (unpaired) electrons. The van der Waals surface area contributed by atoms with E-state index >= 15 is 0 Å². The van der Waals surface area contributed by atoms with Gasteiger partial charge in [-0.1, -0.05) is 6.42 Å². The Bertz CT molecular complexity index is 105. The molecule has 0 aromatic carbocycles. The number of Topliss-reactive ketones (excluding diaryl/α,β-unsaturated/α-hetero) is 1. The summed E-state index contributed by atoms with van der Waals surface area (Å²) >= 11 is 0. The average molecular weight is 194 g/mol. The Kier molecular flexibility index (Phi) is 4.06. The molecule has 0 heterocycles. The second kappa shape index (κ2) is 4.01. The van der Waals surface area contributed by atoms with Crippen molar-refractivity contribution in [3.05, 3.63) is 0 Å². The van der Waals surface area contributed by atoms with Crippen LogP contribution in [-0.4, -0.2) is 11.8 Å². The molecule has 0 aliphatic heterocycles. The molecule has 1 aliphatic carbocycles. The zero-order valence-electron chi connectivity index (χ0n) is 5.30. The van der Waals surface area contributed by atoms with Gasteiger partial charge in [-0.15, -0.1) is 17.0 Å². The highest BCUT2D eigenvalue weighted by Gasteiger charge is 2.16. The Labute approximate surface area is 65.6 Å². The maximum atomic E-state index is 10.7. The van der Waals surface area contributed by atoms with Gasteiger partial charge >= 0.3 is 0 Å². The van der Waals surface area contributed by atoms with Crippen LogP contribution < -0.4 is 5.73 Å². The van der Waals surface area contributed by atoms with Crippen LogP contribution in [-0.2, 0) is 4.79 Å². The van der Waals surface area contributed by atoms with Crippen molar-refractivity contribution in [2.24, 2.45) is 5.73 Å². The number of nitrogens with two attached hydrogens (primary N) is 1. The minimum absolute atomic E-state index is 0. The summed E-state index contributed by atoms with van der Waals surface area (Å²) in [6.45, 7) is 0. The van der Waals surface area contributed by atoms with Crippen LogP contribution in [0.1, 0.15) is 25.7 Å². The van der Waals surface area contributed by atoms with Gasteiger partial charge in [-0.05, 0) is 12.8 Å². The van der Waals surface area contributed by atoms with Crippen LogP contribution in [0.15, 0.2) is 0 Å². The Balaban J connectivity index is 0.000000640. The molecule has 0 spiro atoms. The van der Waals surface area contributed by atoms with Crippen molar-refractivity contribution in [3.8, 4) is 0 Å². The standard InChI is InChI=1S/C6H11NO.BrH/c7-5-3-1-2-4-6(5)8;/h5H,1-4,7H2;1H. The minimum Gasteiger partial charge on any atom is -0.322 e. The predicted octanol–water partition coefficient (Wildman–Crippen LogP) is 1.03. The quantitative estimate of drug-likeness (QED) is 0.625. The van der Waals surface area contributed by atoms with Crippen molar-refractivity contribution in [3.63, 3.8) is 0 Å². The van der Waals surface area contributed by atoms with Crippen LogP contribution >= 0.6 is 17.0 Å². The normalized spacial score (nSPS) is 27.2. The van der Waals surface area contributed by atoms with E-state index in [1.54, 1.807) is 0 Å². The highest BCUT2D eigenvalue weighted by Crippen LogP contribution is 2.11. The van der Waals surface area contributed by atoms with Gasteiger partial charge in [0, 0.05) is 6.42 Å². The molecule has 9 heavy (non-hydrogen) atoms. The van der Waals surface area contributed by atoms with Crippen molar-refractivity contribution in [1.82, 2.24) is 0 Å². The van der Waals surface area contributed by atoms with Crippen molar-refractivity contribution in [2.75, 3.05) is 0 Å². The summed E-state index contributed by atoms with van der Waals surface area (Å²) in [5.74, 6) is 0.247. The molecule has 1 aliphatic rings. The number of rotatable bonds is 0. The van der Waals surface area contributed by atoms with Gasteiger partial charge in [0.2, 0.25) is 0 Å². The van der Waals surface area contributed by atoms with Crippen molar-refractivity contribution in [1.29, 1.82) is 0 Å². The van der Waals surface area contributed by atoms with Crippen LogP contribution in [0.3, 0.4) is 0 Å². The van der Waals surface area contributed by atoms with Gasteiger partial charge in [-0.3, -0.25) is 4.79 Å². The summed E-state index contributed by atoms with van der Waals surface area (Å²) in [6.07, 6.45) is 3.79. The average Bonchev–Trinajstić information content (AvgIpc) is 1.77. The molecule has 0 amide bonds. The smallest absolute Gasteiger partial charge is 0.149 e. The molecule has 1 unspecified atom stereocenters. The fourth-order valence-electron chi connectivity index (χ4n) is 1.01. The van der Waals surface area contributed by atoms with E-state index in [1.807, 2.05) is 0 Å². The molecule has 1 fully saturated rings. The number of hydrogen-bond donors (Lipinski definition) is 1. The fourth-order valence-corrected chi connectivity index (χ4v) is 1.01. The van der Waals surface area contributed by atoms with E-state index in [-0.39, 0.29) is 28.8 Å². The minimum atomic E-state index is -0.135. The van der Waals surface area contributed by atoms with Gasteiger partial charge in [0.25, 0.3) is 0 Å². The van der Waals surface area contributed by atoms with Gasteiger partial charge in [-0.2, -0.15) is 0 Å². The third-order valence-electron chi connectivity index (χ3n) is 1.60. The molecule has 1 saturated carbocycles. The van der Waals surface area contributed by atoms with Gasteiger partial charge in [0.1, 0.15) is 5.78 Å². The van der Waals surface area contributed by atoms with Crippen molar-refractivity contribution < 1.29 is 4.79 Å². The van der Waals surface area contributed by atoms with Gasteiger partial charge in [-0.25, -0.2) is 0 Å². The second-order valence-electron chi connectivity index (χ2n) is 2.32. The predicted molar refractivity (Wildman–Crippen MR) is 41.8 cm³/mol. The van der Waals surface area contributed by atoms with E-state index in [0.29, 0.717) is 6.42 Å². The number of carbonyl (C=O) groups is 1. The van der Waals surface area contributed by atoms with Crippen LogP contribution in [0.4, 0.5) is 0 Å². The monoisotopic (exact) mass is 193 g/mol. The summed E-state index contributed by atoms with van der Waals surface area (Å²) in [6, 6.07) is -0.135. The lowest BCUT2D eigenvalue weighted by Gasteiger charge is -2.14. The van der Waals surface area contributed by atoms with E-state index in [2.05, 4.69) is 0 Å². The van der Waals surface area contributed by atoms with Gasteiger partial charge in [0.15, 0.2) is 0 Å². The number of hydrogen-bond acceptors (Lipinski definition) is 2. The third-order valence-corrected chi connectivity index (χ3v) is 1.60. The van der Waals surface area contributed by atoms with Crippen molar-refractivity contribution in [2.45, 2.75) is 31.7 Å². The second-order valence-corrected chi connectivity index (χ2v) is 2.32. The third kappa shape index (κ3) is 2.45. The van der Waals surface area contributed by atoms with Crippen LogP contribution in [0, 0.1) is 0 Å². The Morgan fingerprint density at radius 2 is 2.11 bits per heavy atom. The summed E-state index contributed by atoms with van der Waals surface area (Å²) in [4.78, 5) is 10.7. The number of carbonyl (C=O) groups excluding carboxylic acids is 1. The number of halogens is 1. The molecule has 2 nitrogen and oxygen atoms in total. The topological polar surface area (TPSA) is 43.1 Å². The number of ketones is 1. The summed E-state index contributed by atoms with van der Waals surface area (Å²) in [5.41, 5.74) is 5.43. The first-order valence-corrected chi connectivity index (χ1v) is 3.09. The first-order chi connectivity index (χ1) is 3.80. The van der Waals surface area contributed by atoms with Crippen LogP contribution in [0.5, 0.6) is 0 Å². The molecule has 0 aromatic heterocycles. The largest absolute Gasteiger partial charge is 0.322 e. The zero-order valence-corrected chi connectivity index (χ0v) is 7.01. The lowest BCUT2D eigenvalue weighted by Crippen LogP contribution is -2.32. The van der Waals surface area contributed by atoms with E-state index in [1.165, 1.54) is 0 Å². The van der Waals surface area contributed by atoms with Gasteiger partial charge < -0.3 is 5.73 Å². The Morgan fingerprint density at radius 1 is 1.44 bits per heavy atom. The fraction of sp³-hybridized carbons (Fsp3) is 0.833. The molecule has 1 rings (SSSR count). The molecular weight excluding hydrogens is 182 g/mol. The molecule has 2 N–H and O–H groups in total. The maximum absolute atomic E-state index is 10.7. The first kappa shape index (κ1) is 9.11. The van der Waals surface area contributed by atoms with Crippen molar-refractivity contribution >= 4 is 22.8 Å². The SMILES string of the molecule is Br.NC1CCCCC1=O. The van der Waals surface area contributed by atoms with Crippen LogP contribution in [0.25, 0.3) is 0 Å². The highest BCUT2D eigenvalue weighted by molar-refractivity contribution is 8.93. The molecule has 0 saturated heterocycles. The Hall–Kier alpha value is 0.110. The lowest BCUT2D eigenvalue weighted by molar-refractivity contribution is -0.121. The van der Waals surface area contributed by atoms with E-state index < -0.39 is 0 Å². The molecule has 3 heteroatoms. The Morgan fingerprint density at radius 3 is 2.44 bits per heavy atom. The maximum Gasteiger partial charge on any atom is 0.149 e. The van der Waals surface area contributed by atoms with E-state index in [9.17, 15) is 4.79 Å². The molecule has 0 aromatic rings. The molecule has 1 atom stereocenters. The molecular formula is C6H12BrNO. The summed E-state index contributed by atoms with van der Waals surface area (Å²) in [5, 5.41) is 0. The highest BCUT2D eigenvalue weighted by atomic mass is 79.9. The lowest BCUT2D eigenvalue weighted by atomic mass is 9.95. The molecule has 54 valence electrons. The summed E-state index contributed by atoms with van der Waals surface area (Å²) < 4.78 is 0. The van der Waals surface area contributed by atoms with Crippen LogP contribution in [0.2, 0.25) is 0 Å². The summed E-state index contributed by atoms with van der Waals surface area (Å²) in [7, 11) is 0.